The molecule has 0 fully saturated rings. The van der Waals surface area contributed by atoms with Gasteiger partial charge in [-0.3, -0.25) is 0 Å². The predicted molar refractivity (Wildman–Crippen MR) is 82.9 cm³/mol. The SMILES string of the molecule is C=C=CC(=S)C(F)C(F)=C(C)CC(C)=C(F)C(F)=CC(=C)F. The highest BCUT2D eigenvalue weighted by molar-refractivity contribution is 7.80. The minimum atomic E-state index is -2.19. The first-order valence-corrected chi connectivity index (χ1v) is 6.48. The second-order valence-corrected chi connectivity index (χ2v) is 4.92. The van der Waals surface area contributed by atoms with Gasteiger partial charge in [-0.25, -0.2) is 22.0 Å². The molecule has 0 bridgehead atoms. The third-order valence-electron chi connectivity index (χ3n) is 2.52. The lowest BCUT2D eigenvalue weighted by Crippen LogP contribution is -2.12. The van der Waals surface area contributed by atoms with Gasteiger partial charge in [0.25, 0.3) is 0 Å². The number of allylic oxidation sites excluding steroid dienone is 8. The van der Waals surface area contributed by atoms with Crippen molar-refractivity contribution in [2.45, 2.75) is 26.4 Å². The van der Waals surface area contributed by atoms with E-state index in [1.54, 1.807) is 0 Å². The lowest BCUT2D eigenvalue weighted by molar-refractivity contribution is 0.399. The van der Waals surface area contributed by atoms with Gasteiger partial charge in [-0.05, 0) is 37.5 Å². The maximum absolute atomic E-state index is 13.8. The first kappa shape index (κ1) is 20.2. The average molecular weight is 334 g/mol. The topological polar surface area (TPSA) is 0 Å². The summed E-state index contributed by atoms with van der Waals surface area (Å²) in [5.74, 6) is -5.18. The van der Waals surface area contributed by atoms with Crippen molar-refractivity contribution in [3.05, 3.63) is 65.5 Å². The first-order chi connectivity index (χ1) is 10.1. The van der Waals surface area contributed by atoms with Gasteiger partial charge in [-0.2, -0.15) is 0 Å². The van der Waals surface area contributed by atoms with Crippen LogP contribution >= 0.6 is 12.2 Å². The smallest absolute Gasteiger partial charge is 0.187 e. The van der Waals surface area contributed by atoms with Gasteiger partial charge in [0.05, 0.1) is 4.86 Å². The molecule has 120 valence electrons. The van der Waals surface area contributed by atoms with Crippen molar-refractivity contribution in [1.29, 1.82) is 0 Å². The minimum absolute atomic E-state index is 0.160. The van der Waals surface area contributed by atoms with Gasteiger partial charge < -0.3 is 0 Å². The Morgan fingerprint density at radius 2 is 1.73 bits per heavy atom. The van der Waals surface area contributed by atoms with E-state index in [1.165, 1.54) is 13.8 Å². The molecule has 0 saturated carbocycles. The van der Waals surface area contributed by atoms with Crippen LogP contribution < -0.4 is 0 Å². The highest BCUT2D eigenvalue weighted by atomic mass is 32.1. The zero-order valence-corrected chi connectivity index (χ0v) is 13.0. The lowest BCUT2D eigenvalue weighted by Gasteiger charge is -2.09. The van der Waals surface area contributed by atoms with Crippen LogP contribution in [0.1, 0.15) is 20.3 Å². The fourth-order valence-electron chi connectivity index (χ4n) is 1.48. The Hall–Kier alpha value is -1.78. The third-order valence-corrected chi connectivity index (χ3v) is 2.85. The summed E-state index contributed by atoms with van der Waals surface area (Å²) in [5, 5.41) is 0. The van der Waals surface area contributed by atoms with Gasteiger partial charge in [-0.15, -0.1) is 5.73 Å². The molecule has 0 aliphatic rings. The second kappa shape index (κ2) is 9.28. The summed E-state index contributed by atoms with van der Waals surface area (Å²) in [6.07, 6.45) is -1.30. The van der Waals surface area contributed by atoms with Crippen molar-refractivity contribution in [3.8, 4) is 0 Å². The van der Waals surface area contributed by atoms with E-state index in [2.05, 4.69) is 31.1 Å². The molecule has 6 heteroatoms. The van der Waals surface area contributed by atoms with Crippen molar-refractivity contribution in [2.24, 2.45) is 0 Å². The van der Waals surface area contributed by atoms with Crippen molar-refractivity contribution < 1.29 is 22.0 Å². The summed E-state index contributed by atoms with van der Waals surface area (Å²) in [6.45, 7) is 8.35. The molecular weight excluding hydrogens is 319 g/mol. The number of alkyl halides is 1. The van der Waals surface area contributed by atoms with E-state index in [0.29, 0.717) is 0 Å². The average Bonchev–Trinajstić information content (AvgIpc) is 2.43. The fraction of sp³-hybridized carbons (Fsp3) is 0.250. The van der Waals surface area contributed by atoms with Crippen molar-refractivity contribution in [1.82, 2.24) is 0 Å². The number of hydrogen-bond acceptors (Lipinski definition) is 1. The molecule has 0 radical (unpaired) electrons. The zero-order valence-electron chi connectivity index (χ0n) is 12.2. The highest BCUT2D eigenvalue weighted by Crippen LogP contribution is 2.27. The minimum Gasteiger partial charge on any atom is -0.234 e. The molecule has 0 spiro atoms. The van der Waals surface area contributed by atoms with E-state index >= 15 is 0 Å². The molecule has 1 unspecified atom stereocenters. The molecule has 1 atom stereocenters. The van der Waals surface area contributed by atoms with Crippen LogP contribution in [0.25, 0.3) is 0 Å². The summed E-state index contributed by atoms with van der Waals surface area (Å²) >= 11 is 4.61. The molecule has 0 aromatic rings. The molecule has 0 aromatic carbocycles. The van der Waals surface area contributed by atoms with Gasteiger partial charge in [0, 0.05) is 6.08 Å². The van der Waals surface area contributed by atoms with Crippen LogP contribution in [-0.4, -0.2) is 11.0 Å². The van der Waals surface area contributed by atoms with Crippen LogP contribution in [0.4, 0.5) is 22.0 Å². The van der Waals surface area contributed by atoms with Crippen LogP contribution in [-0.2, 0) is 0 Å². The second-order valence-electron chi connectivity index (χ2n) is 4.45. The summed E-state index contributed by atoms with van der Waals surface area (Å²) in [5.41, 5.74) is 1.84. The molecule has 22 heavy (non-hydrogen) atoms. The fourth-order valence-corrected chi connectivity index (χ4v) is 1.67. The van der Waals surface area contributed by atoms with Gasteiger partial charge in [0.15, 0.2) is 17.8 Å². The molecule has 0 rings (SSSR count). The largest absolute Gasteiger partial charge is 0.234 e. The van der Waals surface area contributed by atoms with Crippen molar-refractivity contribution in [2.75, 3.05) is 0 Å². The first-order valence-electron chi connectivity index (χ1n) is 6.07. The molecule has 0 aliphatic heterocycles. The predicted octanol–water partition coefficient (Wildman–Crippen LogP) is 6.25. The molecule has 0 saturated heterocycles. The Labute approximate surface area is 131 Å². The van der Waals surface area contributed by atoms with Crippen molar-refractivity contribution in [3.63, 3.8) is 0 Å². The van der Waals surface area contributed by atoms with E-state index in [9.17, 15) is 22.0 Å². The van der Waals surface area contributed by atoms with E-state index in [-0.39, 0.29) is 28.5 Å². The normalized spacial score (nSPS) is 15.3. The Bertz CT molecular complexity index is 604. The Morgan fingerprint density at radius 3 is 2.18 bits per heavy atom. The lowest BCUT2D eigenvalue weighted by atomic mass is 10.0. The summed E-state index contributed by atoms with van der Waals surface area (Å²) in [7, 11) is 0. The maximum atomic E-state index is 13.8. The molecule has 0 amide bonds. The van der Waals surface area contributed by atoms with Crippen LogP contribution in [0.5, 0.6) is 0 Å². The van der Waals surface area contributed by atoms with Gasteiger partial charge in [0.2, 0.25) is 0 Å². The Kier molecular flexibility index (Phi) is 8.53. The number of thiocarbonyl (C=S) groups is 1. The summed E-state index contributed by atoms with van der Waals surface area (Å²) < 4.78 is 66.7. The van der Waals surface area contributed by atoms with Crippen molar-refractivity contribution >= 4 is 17.1 Å². The van der Waals surface area contributed by atoms with Gasteiger partial charge in [0.1, 0.15) is 11.7 Å². The number of hydrogen-bond donors (Lipinski definition) is 0. The van der Waals surface area contributed by atoms with E-state index in [1.807, 2.05) is 0 Å². The summed E-state index contributed by atoms with van der Waals surface area (Å²) in [6, 6.07) is 0. The molecule has 0 heterocycles. The van der Waals surface area contributed by atoms with E-state index < -0.39 is 29.5 Å². The molecular formula is C16H15F5S. The van der Waals surface area contributed by atoms with Crippen LogP contribution in [0.2, 0.25) is 0 Å². The maximum Gasteiger partial charge on any atom is 0.187 e. The Balaban J connectivity index is 5.36. The zero-order chi connectivity index (χ0) is 17.4. The monoisotopic (exact) mass is 334 g/mol. The molecule has 0 N–H and O–H groups in total. The Morgan fingerprint density at radius 1 is 1.18 bits per heavy atom. The standard InChI is InChI=1S/C16H15F5S/c1-5-6-13(22)16(21)15(20)10(3)7-9(2)14(19)12(18)8-11(4)17/h6,8,16H,1,4,7H2,2-3H3. The molecule has 0 nitrogen and oxygen atoms in total. The highest BCUT2D eigenvalue weighted by Gasteiger charge is 2.20. The number of rotatable bonds is 7. The van der Waals surface area contributed by atoms with Crippen LogP contribution in [0.15, 0.2) is 65.5 Å². The molecule has 0 aliphatic carbocycles. The van der Waals surface area contributed by atoms with Gasteiger partial charge >= 0.3 is 0 Å². The van der Waals surface area contributed by atoms with E-state index in [4.69, 9.17) is 0 Å². The van der Waals surface area contributed by atoms with E-state index in [0.717, 1.165) is 6.08 Å². The summed E-state index contributed by atoms with van der Waals surface area (Å²) in [4.78, 5) is -0.367. The van der Waals surface area contributed by atoms with Gasteiger partial charge in [-0.1, -0.05) is 25.4 Å². The van der Waals surface area contributed by atoms with Crippen LogP contribution in [0.3, 0.4) is 0 Å². The van der Waals surface area contributed by atoms with Crippen LogP contribution in [0, 0.1) is 0 Å². The third kappa shape index (κ3) is 6.33. The number of halogens is 5. The quantitative estimate of drug-likeness (QED) is 0.174. The molecule has 0 aromatic heterocycles.